The summed E-state index contributed by atoms with van der Waals surface area (Å²) in [6.07, 6.45) is -0.378. The summed E-state index contributed by atoms with van der Waals surface area (Å²) in [5, 5.41) is 11.1. The first-order chi connectivity index (χ1) is 12.5. The summed E-state index contributed by atoms with van der Waals surface area (Å²) < 4.78 is 60.7. The van der Waals surface area contributed by atoms with Crippen LogP contribution in [0.15, 0.2) is 53.4 Å². The molecule has 0 spiro atoms. The number of hydrogen-bond acceptors (Lipinski definition) is 4. The van der Waals surface area contributed by atoms with Crippen LogP contribution in [0.3, 0.4) is 0 Å². The number of carboxylic acid groups (broad SMARTS) is 1. The van der Waals surface area contributed by atoms with Gasteiger partial charge in [0.05, 0.1) is 17.7 Å². The summed E-state index contributed by atoms with van der Waals surface area (Å²) >= 11 is 0. The molecule has 0 radical (unpaired) electrons. The number of aliphatic carboxylic acids is 1. The number of benzene rings is 2. The SMILES string of the molecule is O=C(O)Cc1cccc(CC(=O)Nc2cccc(S(=O)(=O)C(F)(F)F)c2)c1. The Morgan fingerprint density at radius 2 is 1.56 bits per heavy atom. The maximum atomic E-state index is 12.6. The van der Waals surface area contributed by atoms with Gasteiger partial charge in [0.2, 0.25) is 5.91 Å². The Kier molecular flexibility index (Phi) is 5.89. The number of carboxylic acids is 1. The lowest BCUT2D eigenvalue weighted by molar-refractivity contribution is -0.136. The second-order valence-corrected chi connectivity index (χ2v) is 7.53. The molecule has 10 heteroatoms. The normalized spacial score (nSPS) is 11.8. The third kappa shape index (κ3) is 5.30. The molecule has 0 saturated carbocycles. The van der Waals surface area contributed by atoms with E-state index in [1.807, 2.05) is 0 Å². The number of nitrogens with one attached hydrogen (secondary N) is 1. The van der Waals surface area contributed by atoms with Crippen molar-refractivity contribution in [3.05, 3.63) is 59.7 Å². The number of carbonyl (C=O) groups excluding carboxylic acids is 1. The zero-order valence-electron chi connectivity index (χ0n) is 13.7. The molecule has 0 unspecified atom stereocenters. The minimum absolute atomic E-state index is 0.105. The van der Waals surface area contributed by atoms with Gasteiger partial charge in [-0.2, -0.15) is 13.2 Å². The quantitative estimate of drug-likeness (QED) is 0.775. The molecule has 2 aromatic carbocycles. The molecule has 0 aromatic heterocycles. The summed E-state index contributed by atoms with van der Waals surface area (Å²) in [6, 6.07) is 10.1. The highest BCUT2D eigenvalue weighted by atomic mass is 32.2. The van der Waals surface area contributed by atoms with Crippen LogP contribution in [0.1, 0.15) is 11.1 Å². The predicted octanol–water partition coefficient (Wildman–Crippen LogP) is 2.79. The van der Waals surface area contributed by atoms with Crippen LogP contribution in [0.25, 0.3) is 0 Å². The van der Waals surface area contributed by atoms with E-state index in [0.717, 1.165) is 18.2 Å². The monoisotopic (exact) mass is 401 g/mol. The molecule has 2 N–H and O–H groups in total. The van der Waals surface area contributed by atoms with Crippen LogP contribution < -0.4 is 5.32 Å². The summed E-state index contributed by atoms with van der Waals surface area (Å²) in [5.74, 6) is -1.62. The van der Waals surface area contributed by atoms with Crippen molar-refractivity contribution < 1.29 is 36.3 Å². The number of sulfone groups is 1. The van der Waals surface area contributed by atoms with Gasteiger partial charge >= 0.3 is 11.5 Å². The topological polar surface area (TPSA) is 101 Å². The largest absolute Gasteiger partial charge is 0.501 e. The van der Waals surface area contributed by atoms with Crippen LogP contribution in [-0.2, 0) is 32.3 Å². The fourth-order valence-electron chi connectivity index (χ4n) is 2.29. The number of anilines is 1. The number of amides is 1. The molecule has 0 aliphatic carbocycles. The summed E-state index contributed by atoms with van der Waals surface area (Å²) in [5.41, 5.74) is -4.55. The van der Waals surface area contributed by atoms with Crippen molar-refractivity contribution in [2.75, 3.05) is 5.32 Å². The van der Waals surface area contributed by atoms with Crippen molar-refractivity contribution >= 4 is 27.4 Å². The maximum Gasteiger partial charge on any atom is 0.501 e. The van der Waals surface area contributed by atoms with Gasteiger partial charge in [-0.25, -0.2) is 8.42 Å². The third-order valence-corrected chi connectivity index (χ3v) is 4.93. The van der Waals surface area contributed by atoms with Crippen molar-refractivity contribution in [2.24, 2.45) is 0 Å². The zero-order chi connectivity index (χ0) is 20.2. The molecule has 2 rings (SSSR count). The number of alkyl halides is 3. The van der Waals surface area contributed by atoms with Crippen molar-refractivity contribution in [3.63, 3.8) is 0 Å². The number of halogens is 3. The van der Waals surface area contributed by atoms with Gasteiger partial charge in [0.1, 0.15) is 0 Å². The van der Waals surface area contributed by atoms with Gasteiger partial charge in [0.25, 0.3) is 9.84 Å². The van der Waals surface area contributed by atoms with Crippen LogP contribution in [-0.4, -0.2) is 30.9 Å². The fraction of sp³-hybridized carbons (Fsp3) is 0.176. The summed E-state index contributed by atoms with van der Waals surface area (Å²) in [7, 11) is -5.52. The fourth-order valence-corrected chi connectivity index (χ4v) is 3.10. The van der Waals surface area contributed by atoms with E-state index in [1.165, 1.54) is 12.1 Å². The van der Waals surface area contributed by atoms with Crippen LogP contribution in [0.5, 0.6) is 0 Å². The molecule has 0 bridgehead atoms. The molecule has 144 valence electrons. The molecular weight excluding hydrogens is 387 g/mol. The summed E-state index contributed by atoms with van der Waals surface area (Å²) in [4.78, 5) is 21.8. The highest BCUT2D eigenvalue weighted by molar-refractivity contribution is 7.92. The Balaban J connectivity index is 2.13. The second kappa shape index (κ2) is 7.78. The third-order valence-electron chi connectivity index (χ3n) is 3.44. The smallest absolute Gasteiger partial charge is 0.481 e. The Hall–Kier alpha value is -2.88. The van der Waals surface area contributed by atoms with Gasteiger partial charge < -0.3 is 10.4 Å². The predicted molar refractivity (Wildman–Crippen MR) is 89.8 cm³/mol. The number of rotatable bonds is 6. The van der Waals surface area contributed by atoms with Gasteiger partial charge in [0.15, 0.2) is 0 Å². The van der Waals surface area contributed by atoms with Crippen molar-refractivity contribution in [3.8, 4) is 0 Å². The molecule has 6 nitrogen and oxygen atoms in total. The van der Waals surface area contributed by atoms with Crippen LogP contribution in [0.2, 0.25) is 0 Å². The van der Waals surface area contributed by atoms with E-state index in [-0.39, 0.29) is 18.5 Å². The highest BCUT2D eigenvalue weighted by Gasteiger charge is 2.46. The van der Waals surface area contributed by atoms with E-state index in [0.29, 0.717) is 11.1 Å². The van der Waals surface area contributed by atoms with E-state index >= 15 is 0 Å². The molecule has 0 heterocycles. The molecule has 0 atom stereocenters. The van der Waals surface area contributed by atoms with E-state index in [2.05, 4.69) is 5.32 Å². The summed E-state index contributed by atoms with van der Waals surface area (Å²) in [6.45, 7) is 0. The first-order valence-electron chi connectivity index (χ1n) is 7.50. The van der Waals surface area contributed by atoms with Gasteiger partial charge in [-0.3, -0.25) is 9.59 Å². The van der Waals surface area contributed by atoms with Crippen molar-refractivity contribution in [1.82, 2.24) is 0 Å². The minimum atomic E-state index is -5.52. The number of carbonyl (C=O) groups is 2. The van der Waals surface area contributed by atoms with Crippen LogP contribution in [0.4, 0.5) is 18.9 Å². The van der Waals surface area contributed by atoms with Crippen LogP contribution >= 0.6 is 0 Å². The average Bonchev–Trinajstić information content (AvgIpc) is 2.53. The first kappa shape index (κ1) is 20.4. The average molecular weight is 401 g/mol. The Labute approximate surface area is 152 Å². The molecule has 0 fully saturated rings. The molecule has 0 saturated heterocycles. The standard InChI is InChI=1S/C17H14F3NO5S/c18-17(19,20)27(25,26)14-6-2-5-13(10-14)21-15(22)8-11-3-1-4-12(7-11)9-16(23)24/h1-7,10H,8-9H2,(H,21,22)(H,23,24). The molecule has 1 amide bonds. The molecule has 0 aliphatic rings. The lowest BCUT2D eigenvalue weighted by Gasteiger charge is -2.10. The number of hydrogen-bond donors (Lipinski definition) is 2. The van der Waals surface area contributed by atoms with E-state index in [4.69, 9.17) is 5.11 Å². The molecule has 0 aliphatic heterocycles. The Morgan fingerprint density at radius 3 is 2.15 bits per heavy atom. The van der Waals surface area contributed by atoms with E-state index in [1.54, 1.807) is 18.2 Å². The lowest BCUT2D eigenvalue weighted by atomic mass is 10.1. The Bertz CT molecular complexity index is 971. The Morgan fingerprint density at radius 1 is 0.963 bits per heavy atom. The highest BCUT2D eigenvalue weighted by Crippen LogP contribution is 2.31. The van der Waals surface area contributed by atoms with E-state index in [9.17, 15) is 31.2 Å². The van der Waals surface area contributed by atoms with Gasteiger partial charge in [-0.15, -0.1) is 0 Å². The zero-order valence-corrected chi connectivity index (χ0v) is 14.5. The van der Waals surface area contributed by atoms with Crippen LogP contribution in [0, 0.1) is 0 Å². The van der Waals surface area contributed by atoms with Gasteiger partial charge in [0, 0.05) is 5.69 Å². The molecule has 27 heavy (non-hydrogen) atoms. The minimum Gasteiger partial charge on any atom is -0.481 e. The molecular formula is C17H14F3NO5S. The second-order valence-electron chi connectivity index (χ2n) is 5.59. The van der Waals surface area contributed by atoms with Gasteiger partial charge in [-0.05, 0) is 29.3 Å². The molecule has 2 aromatic rings. The van der Waals surface area contributed by atoms with Gasteiger partial charge in [-0.1, -0.05) is 30.3 Å². The lowest BCUT2D eigenvalue weighted by Crippen LogP contribution is -2.23. The first-order valence-corrected chi connectivity index (χ1v) is 8.98. The van der Waals surface area contributed by atoms with Crippen molar-refractivity contribution in [1.29, 1.82) is 0 Å². The maximum absolute atomic E-state index is 12.6. The van der Waals surface area contributed by atoms with Crippen molar-refractivity contribution in [2.45, 2.75) is 23.2 Å². The van der Waals surface area contributed by atoms with E-state index < -0.39 is 32.1 Å².